The number of amides is 1. The lowest BCUT2D eigenvalue weighted by atomic mass is 9.95. The normalized spacial score (nSPS) is 15.8. The van der Waals surface area contributed by atoms with Gasteiger partial charge in [-0.2, -0.15) is 0 Å². The van der Waals surface area contributed by atoms with Gasteiger partial charge in [0.05, 0.1) is 10.3 Å². The van der Waals surface area contributed by atoms with Crippen LogP contribution in [0, 0.1) is 6.92 Å². The lowest BCUT2D eigenvalue weighted by molar-refractivity contribution is -0.118. The van der Waals surface area contributed by atoms with Crippen LogP contribution in [0.1, 0.15) is 24.0 Å². The molecule has 0 spiro atoms. The second-order valence-corrected chi connectivity index (χ2v) is 7.97. The standard InChI is InChI=1S/C18H20N2O3S/c1-13-8-9-15(24(22,23)19-2)12-16(13)20-17(21)18(10-11-18)14-6-4-3-5-7-14/h3-9,12,19H,10-11H2,1-2H3,(H,20,21). The van der Waals surface area contributed by atoms with E-state index in [9.17, 15) is 13.2 Å². The van der Waals surface area contributed by atoms with Crippen molar-refractivity contribution in [3.8, 4) is 0 Å². The molecule has 0 radical (unpaired) electrons. The predicted octanol–water partition coefficient (Wildman–Crippen LogP) is 2.57. The van der Waals surface area contributed by atoms with Gasteiger partial charge in [-0.1, -0.05) is 36.4 Å². The van der Waals surface area contributed by atoms with E-state index < -0.39 is 15.4 Å². The second kappa shape index (κ2) is 6.03. The van der Waals surface area contributed by atoms with Crippen LogP contribution in [-0.2, 0) is 20.2 Å². The molecule has 2 aromatic rings. The fourth-order valence-electron chi connectivity index (χ4n) is 2.79. The number of nitrogens with one attached hydrogen (secondary N) is 2. The summed E-state index contributed by atoms with van der Waals surface area (Å²) in [5, 5.41) is 2.92. The highest BCUT2D eigenvalue weighted by atomic mass is 32.2. The van der Waals surface area contributed by atoms with Crippen molar-refractivity contribution in [1.29, 1.82) is 0 Å². The third-order valence-corrected chi connectivity index (χ3v) is 5.96. The molecule has 1 amide bonds. The molecular weight excluding hydrogens is 324 g/mol. The van der Waals surface area contributed by atoms with Crippen molar-refractivity contribution >= 4 is 21.6 Å². The molecule has 2 N–H and O–H groups in total. The van der Waals surface area contributed by atoms with E-state index in [0.717, 1.165) is 24.0 Å². The molecule has 24 heavy (non-hydrogen) atoms. The van der Waals surface area contributed by atoms with Crippen LogP contribution in [0.3, 0.4) is 0 Å². The molecule has 0 heterocycles. The molecule has 0 bridgehead atoms. The summed E-state index contributed by atoms with van der Waals surface area (Å²) >= 11 is 0. The Morgan fingerprint density at radius 3 is 2.33 bits per heavy atom. The van der Waals surface area contributed by atoms with Crippen molar-refractivity contribution in [3.63, 3.8) is 0 Å². The maximum absolute atomic E-state index is 12.8. The molecule has 5 nitrogen and oxygen atoms in total. The summed E-state index contributed by atoms with van der Waals surface area (Å²) in [6, 6.07) is 14.4. The molecule has 6 heteroatoms. The van der Waals surface area contributed by atoms with Gasteiger partial charge in [0.1, 0.15) is 0 Å². The molecule has 0 aromatic heterocycles. The molecule has 1 fully saturated rings. The summed E-state index contributed by atoms with van der Waals surface area (Å²) in [4.78, 5) is 12.9. The minimum Gasteiger partial charge on any atom is -0.325 e. The lowest BCUT2D eigenvalue weighted by Gasteiger charge is -2.17. The molecule has 0 atom stereocenters. The first kappa shape index (κ1) is 16.7. The lowest BCUT2D eigenvalue weighted by Crippen LogP contribution is -2.28. The Kier molecular flexibility index (Phi) is 4.19. The minimum absolute atomic E-state index is 0.0872. The highest BCUT2D eigenvalue weighted by molar-refractivity contribution is 7.89. The number of aryl methyl sites for hydroxylation is 1. The van der Waals surface area contributed by atoms with Crippen LogP contribution in [0.2, 0.25) is 0 Å². The Labute approximate surface area is 142 Å². The second-order valence-electron chi connectivity index (χ2n) is 6.09. The van der Waals surface area contributed by atoms with E-state index in [1.165, 1.54) is 19.2 Å². The van der Waals surface area contributed by atoms with E-state index in [4.69, 9.17) is 0 Å². The van der Waals surface area contributed by atoms with Crippen LogP contribution in [0.5, 0.6) is 0 Å². The number of rotatable bonds is 5. The highest BCUT2D eigenvalue weighted by Gasteiger charge is 2.51. The van der Waals surface area contributed by atoms with Crippen molar-refractivity contribution in [2.45, 2.75) is 30.1 Å². The van der Waals surface area contributed by atoms with E-state index in [2.05, 4.69) is 10.0 Å². The monoisotopic (exact) mass is 344 g/mol. The summed E-state index contributed by atoms with van der Waals surface area (Å²) in [5.41, 5.74) is 1.85. The number of hydrogen-bond donors (Lipinski definition) is 2. The smallest absolute Gasteiger partial charge is 0.240 e. The molecule has 1 saturated carbocycles. The number of benzene rings is 2. The largest absolute Gasteiger partial charge is 0.325 e. The van der Waals surface area contributed by atoms with Crippen molar-refractivity contribution in [2.24, 2.45) is 0 Å². The van der Waals surface area contributed by atoms with Gasteiger partial charge < -0.3 is 5.32 Å². The highest BCUT2D eigenvalue weighted by Crippen LogP contribution is 2.49. The number of carbonyl (C=O) groups is 1. The summed E-state index contributed by atoms with van der Waals surface area (Å²) < 4.78 is 26.2. The quantitative estimate of drug-likeness (QED) is 0.875. The summed E-state index contributed by atoms with van der Waals surface area (Å²) in [5.74, 6) is -0.0872. The van der Waals surface area contributed by atoms with Crippen molar-refractivity contribution < 1.29 is 13.2 Å². The van der Waals surface area contributed by atoms with Gasteiger partial charge in [0, 0.05) is 5.69 Å². The molecule has 3 rings (SSSR count). The fraction of sp³-hybridized carbons (Fsp3) is 0.278. The van der Waals surface area contributed by atoms with Gasteiger partial charge >= 0.3 is 0 Å². The molecule has 1 aliphatic rings. The first-order chi connectivity index (χ1) is 11.4. The average Bonchev–Trinajstić information content (AvgIpc) is 3.39. The van der Waals surface area contributed by atoms with Gasteiger partial charge in [-0.25, -0.2) is 13.1 Å². The van der Waals surface area contributed by atoms with Crippen LogP contribution < -0.4 is 10.0 Å². The Hall–Kier alpha value is -2.18. The number of sulfonamides is 1. The van der Waals surface area contributed by atoms with Crippen LogP contribution in [0.25, 0.3) is 0 Å². The van der Waals surface area contributed by atoms with Crippen molar-refractivity contribution in [2.75, 3.05) is 12.4 Å². The van der Waals surface area contributed by atoms with E-state index in [0.29, 0.717) is 5.69 Å². The molecule has 1 aliphatic carbocycles. The summed E-state index contributed by atoms with van der Waals surface area (Å²) in [6.07, 6.45) is 1.60. The predicted molar refractivity (Wildman–Crippen MR) is 93.4 cm³/mol. The minimum atomic E-state index is -3.55. The molecule has 126 valence electrons. The first-order valence-electron chi connectivity index (χ1n) is 7.80. The molecule has 0 aliphatic heterocycles. The van der Waals surface area contributed by atoms with Gasteiger partial charge in [0.15, 0.2) is 0 Å². The van der Waals surface area contributed by atoms with E-state index in [-0.39, 0.29) is 10.8 Å². The Bertz CT molecular complexity index is 872. The van der Waals surface area contributed by atoms with Gasteiger partial charge in [0.2, 0.25) is 15.9 Å². The summed E-state index contributed by atoms with van der Waals surface area (Å²) in [7, 11) is -2.18. The average molecular weight is 344 g/mol. The third kappa shape index (κ3) is 2.95. The Morgan fingerprint density at radius 2 is 1.75 bits per heavy atom. The van der Waals surface area contributed by atoms with Gasteiger partial charge in [-0.15, -0.1) is 0 Å². The molecule has 2 aromatic carbocycles. The van der Waals surface area contributed by atoms with Gasteiger partial charge in [-0.3, -0.25) is 4.79 Å². The molecule has 0 unspecified atom stereocenters. The van der Waals surface area contributed by atoms with Crippen LogP contribution in [0.4, 0.5) is 5.69 Å². The zero-order chi connectivity index (χ0) is 17.4. The van der Waals surface area contributed by atoms with Crippen LogP contribution in [0.15, 0.2) is 53.4 Å². The Morgan fingerprint density at radius 1 is 1.08 bits per heavy atom. The third-order valence-electron chi connectivity index (χ3n) is 4.55. The topological polar surface area (TPSA) is 75.3 Å². The van der Waals surface area contributed by atoms with Crippen molar-refractivity contribution in [1.82, 2.24) is 4.72 Å². The van der Waals surface area contributed by atoms with Crippen LogP contribution >= 0.6 is 0 Å². The van der Waals surface area contributed by atoms with Crippen LogP contribution in [-0.4, -0.2) is 21.4 Å². The van der Waals surface area contributed by atoms with Gasteiger partial charge in [0.25, 0.3) is 0 Å². The number of hydrogen-bond acceptors (Lipinski definition) is 3. The maximum atomic E-state index is 12.8. The van der Waals surface area contributed by atoms with Crippen molar-refractivity contribution in [3.05, 3.63) is 59.7 Å². The van der Waals surface area contributed by atoms with Gasteiger partial charge in [-0.05, 0) is 50.1 Å². The number of carbonyl (C=O) groups excluding carboxylic acids is 1. The first-order valence-corrected chi connectivity index (χ1v) is 9.28. The SMILES string of the molecule is CNS(=O)(=O)c1ccc(C)c(NC(=O)C2(c3ccccc3)CC2)c1. The zero-order valence-corrected chi connectivity index (χ0v) is 14.5. The molecular formula is C18H20N2O3S. The van der Waals surface area contributed by atoms with E-state index >= 15 is 0 Å². The van der Waals surface area contributed by atoms with E-state index in [1.54, 1.807) is 6.07 Å². The summed E-state index contributed by atoms with van der Waals surface area (Å²) in [6.45, 7) is 1.84. The maximum Gasteiger partial charge on any atom is 0.240 e. The fourth-order valence-corrected chi connectivity index (χ4v) is 3.55. The number of anilines is 1. The van der Waals surface area contributed by atoms with E-state index in [1.807, 2.05) is 37.3 Å². The Balaban J connectivity index is 1.89. The zero-order valence-electron chi connectivity index (χ0n) is 13.7. The molecule has 0 saturated heterocycles.